The van der Waals surface area contributed by atoms with Gasteiger partial charge in [-0.25, -0.2) is 0 Å². The van der Waals surface area contributed by atoms with E-state index in [0.29, 0.717) is 17.9 Å². The highest BCUT2D eigenvalue weighted by Gasteiger charge is 2.65. The molecular formula is C9H9F5S2. The third-order valence-corrected chi connectivity index (χ3v) is 3.07. The fraction of sp³-hybridized carbons (Fsp3) is 0.111. The van der Waals surface area contributed by atoms with E-state index in [4.69, 9.17) is 0 Å². The van der Waals surface area contributed by atoms with Crippen molar-refractivity contribution in [2.24, 2.45) is 0 Å². The minimum absolute atomic E-state index is 0.0693. The molecule has 0 nitrogen and oxygen atoms in total. The van der Waals surface area contributed by atoms with E-state index >= 15 is 0 Å². The maximum atomic E-state index is 12.4. The van der Waals surface area contributed by atoms with Crippen LogP contribution < -0.4 is 0 Å². The SMILES string of the molecule is FS(F)(F)(F)(F)c1cccc(C=CCS)c1. The van der Waals surface area contributed by atoms with Gasteiger partial charge in [0.05, 0.1) is 0 Å². The molecule has 0 aliphatic heterocycles. The Morgan fingerprint density at radius 1 is 1.12 bits per heavy atom. The third kappa shape index (κ3) is 3.71. The summed E-state index contributed by atoms with van der Waals surface area (Å²) in [4.78, 5) is -1.87. The molecule has 92 valence electrons. The Labute approximate surface area is 95.3 Å². The summed E-state index contributed by atoms with van der Waals surface area (Å²) in [6, 6.07) is 3.07. The van der Waals surface area contributed by atoms with Gasteiger partial charge in [-0.1, -0.05) is 43.7 Å². The van der Waals surface area contributed by atoms with Crippen LogP contribution in [0.15, 0.2) is 35.2 Å². The Morgan fingerprint density at radius 2 is 1.75 bits per heavy atom. The van der Waals surface area contributed by atoms with E-state index in [1.165, 1.54) is 18.2 Å². The molecule has 1 aromatic carbocycles. The van der Waals surface area contributed by atoms with Crippen molar-refractivity contribution in [2.75, 3.05) is 5.75 Å². The molecule has 0 N–H and O–H groups in total. The Kier molecular flexibility index (Phi) is 2.84. The summed E-state index contributed by atoms with van der Waals surface area (Å²) in [6.45, 7) is 0. The number of hydrogen-bond donors (Lipinski definition) is 1. The topological polar surface area (TPSA) is 0 Å². The first kappa shape index (κ1) is 13.4. The van der Waals surface area contributed by atoms with Crippen molar-refractivity contribution >= 4 is 28.9 Å². The minimum atomic E-state index is -9.56. The summed E-state index contributed by atoms with van der Waals surface area (Å²) < 4.78 is 62.1. The maximum Gasteiger partial charge on any atom is 0.310 e. The van der Waals surface area contributed by atoms with Crippen LogP contribution in [0, 0.1) is 0 Å². The molecule has 0 spiro atoms. The molecule has 0 amide bonds. The molecule has 7 heteroatoms. The van der Waals surface area contributed by atoms with E-state index in [2.05, 4.69) is 12.6 Å². The third-order valence-electron chi connectivity index (χ3n) is 1.72. The van der Waals surface area contributed by atoms with Crippen molar-refractivity contribution in [1.82, 2.24) is 0 Å². The van der Waals surface area contributed by atoms with Gasteiger partial charge >= 0.3 is 10.2 Å². The van der Waals surface area contributed by atoms with Crippen LogP contribution in [0.5, 0.6) is 0 Å². The van der Waals surface area contributed by atoms with Crippen molar-refractivity contribution in [1.29, 1.82) is 0 Å². The molecule has 0 unspecified atom stereocenters. The molecule has 16 heavy (non-hydrogen) atoms. The van der Waals surface area contributed by atoms with Crippen LogP contribution in [0.25, 0.3) is 6.08 Å². The van der Waals surface area contributed by atoms with Gasteiger partial charge in [0.2, 0.25) is 0 Å². The first-order valence-corrected chi connectivity index (χ1v) is 6.73. The second-order valence-electron chi connectivity index (χ2n) is 3.13. The smallest absolute Gasteiger partial charge is 0.175 e. The predicted octanol–water partition coefficient (Wildman–Crippen LogP) is 5.29. The first-order valence-electron chi connectivity index (χ1n) is 4.14. The molecular weight excluding hydrogens is 267 g/mol. The van der Waals surface area contributed by atoms with Crippen LogP contribution in [0.2, 0.25) is 0 Å². The number of halogens is 5. The Balaban J connectivity index is 3.25. The van der Waals surface area contributed by atoms with E-state index in [9.17, 15) is 19.4 Å². The van der Waals surface area contributed by atoms with Gasteiger partial charge in [0.15, 0.2) is 0 Å². The van der Waals surface area contributed by atoms with E-state index in [1.807, 2.05) is 0 Å². The van der Waals surface area contributed by atoms with Gasteiger partial charge in [-0.15, -0.1) is 0 Å². The molecule has 0 heterocycles. The van der Waals surface area contributed by atoms with Crippen LogP contribution in [0.1, 0.15) is 5.56 Å². The first-order chi connectivity index (χ1) is 7.03. The van der Waals surface area contributed by atoms with Crippen LogP contribution in [0.3, 0.4) is 0 Å². The lowest BCUT2D eigenvalue weighted by Crippen LogP contribution is -2.05. The largest absolute Gasteiger partial charge is 0.310 e. The van der Waals surface area contributed by atoms with Gasteiger partial charge in [-0.05, 0) is 17.7 Å². The van der Waals surface area contributed by atoms with Crippen molar-refractivity contribution < 1.29 is 19.4 Å². The van der Waals surface area contributed by atoms with Crippen LogP contribution in [0.4, 0.5) is 19.4 Å². The average Bonchev–Trinajstić information content (AvgIpc) is 2.12. The molecule has 0 saturated heterocycles. The molecule has 0 atom stereocenters. The minimum Gasteiger partial charge on any atom is -0.175 e. The monoisotopic (exact) mass is 276 g/mol. The number of hydrogen-bond acceptors (Lipinski definition) is 1. The zero-order chi connectivity index (χ0) is 12.5. The van der Waals surface area contributed by atoms with Gasteiger partial charge in [0, 0.05) is 5.75 Å². The van der Waals surface area contributed by atoms with Crippen LogP contribution >= 0.6 is 22.9 Å². The summed E-state index contributed by atoms with van der Waals surface area (Å²) >= 11 is 3.82. The van der Waals surface area contributed by atoms with Crippen LogP contribution in [-0.4, -0.2) is 5.75 Å². The van der Waals surface area contributed by atoms with Gasteiger partial charge in [0.1, 0.15) is 4.90 Å². The van der Waals surface area contributed by atoms with Crippen LogP contribution in [-0.2, 0) is 0 Å². The highest BCUT2D eigenvalue weighted by molar-refractivity contribution is 8.45. The molecule has 0 aromatic heterocycles. The summed E-state index contributed by atoms with van der Waals surface area (Å²) in [5.74, 6) is 0.320. The Hall–Kier alpha value is -0.690. The molecule has 0 fully saturated rings. The van der Waals surface area contributed by atoms with Crippen molar-refractivity contribution in [3.63, 3.8) is 0 Å². The lowest BCUT2D eigenvalue weighted by atomic mass is 10.2. The Bertz CT molecular complexity index is 420. The molecule has 0 aliphatic carbocycles. The summed E-state index contributed by atoms with van der Waals surface area (Å²) in [5, 5.41) is 0. The summed E-state index contributed by atoms with van der Waals surface area (Å²) in [6.07, 6.45) is 2.77. The van der Waals surface area contributed by atoms with Crippen molar-refractivity contribution in [3.8, 4) is 0 Å². The van der Waals surface area contributed by atoms with Crippen molar-refractivity contribution in [2.45, 2.75) is 4.90 Å². The standard InChI is InChI=1S/C9H9F5S2/c10-16(11,12,13,14)9-5-1-3-8(7-9)4-2-6-15/h1-5,7,15H,6H2. The molecule has 0 aliphatic rings. The average molecular weight is 276 g/mol. The summed E-state index contributed by atoms with van der Waals surface area (Å²) in [5.41, 5.74) is 0.0693. The molecule has 1 rings (SSSR count). The van der Waals surface area contributed by atoms with E-state index in [-0.39, 0.29) is 5.56 Å². The van der Waals surface area contributed by atoms with Gasteiger partial charge in [-0.3, -0.25) is 0 Å². The number of rotatable bonds is 3. The fourth-order valence-corrected chi connectivity index (χ4v) is 1.85. The van der Waals surface area contributed by atoms with Gasteiger partial charge < -0.3 is 0 Å². The summed E-state index contributed by atoms with van der Waals surface area (Å²) in [7, 11) is -9.56. The second-order valence-corrected chi connectivity index (χ2v) is 5.90. The molecule has 0 radical (unpaired) electrons. The normalized spacial score (nSPS) is 17.1. The second kappa shape index (κ2) is 3.40. The highest BCUT2D eigenvalue weighted by atomic mass is 32.5. The van der Waals surface area contributed by atoms with Gasteiger partial charge in [0.25, 0.3) is 0 Å². The van der Waals surface area contributed by atoms with Crippen molar-refractivity contribution in [3.05, 3.63) is 35.9 Å². The predicted molar refractivity (Wildman–Crippen MR) is 60.7 cm³/mol. The number of thiol groups is 1. The Morgan fingerprint density at radius 3 is 2.25 bits per heavy atom. The zero-order valence-corrected chi connectivity index (χ0v) is 9.63. The van der Waals surface area contributed by atoms with E-state index in [0.717, 1.165) is 6.07 Å². The quantitative estimate of drug-likeness (QED) is 0.563. The van der Waals surface area contributed by atoms with E-state index < -0.39 is 15.1 Å². The fourth-order valence-electron chi connectivity index (χ4n) is 1.05. The lowest BCUT2D eigenvalue weighted by molar-refractivity contribution is 0.364. The molecule has 0 bridgehead atoms. The van der Waals surface area contributed by atoms with E-state index in [1.54, 1.807) is 0 Å². The maximum absolute atomic E-state index is 12.4. The van der Waals surface area contributed by atoms with Gasteiger partial charge in [-0.2, -0.15) is 12.6 Å². The highest BCUT2D eigenvalue weighted by Crippen LogP contribution is 3.02. The number of benzene rings is 1. The molecule has 1 aromatic rings. The zero-order valence-electron chi connectivity index (χ0n) is 7.92. The molecule has 0 saturated carbocycles. The lowest BCUT2D eigenvalue weighted by Gasteiger charge is -2.40.